The maximum atomic E-state index is 10.3. The lowest BCUT2D eigenvalue weighted by Gasteiger charge is -2.37. The number of carbonyl (C=O) groups is 2. The number of hydrogen-bond acceptors (Lipinski definition) is 9. The number of carboxylic acids is 2. The molecule has 0 bridgehead atoms. The van der Waals surface area contributed by atoms with Gasteiger partial charge in [0.2, 0.25) is 5.88 Å². The summed E-state index contributed by atoms with van der Waals surface area (Å²) in [5, 5.41) is 34.4. The summed E-state index contributed by atoms with van der Waals surface area (Å²) >= 11 is 0. The van der Waals surface area contributed by atoms with Crippen LogP contribution in [-0.2, 0) is 9.59 Å². The molecule has 1 fully saturated rings. The predicted molar refractivity (Wildman–Crippen MR) is 133 cm³/mol. The molecule has 0 amide bonds. The Kier molecular flexibility index (Phi) is 9.42. The van der Waals surface area contributed by atoms with Crippen LogP contribution in [0.5, 0.6) is 17.4 Å². The quantitative estimate of drug-likeness (QED) is 0.408. The highest BCUT2D eigenvalue weighted by Crippen LogP contribution is 2.45. The van der Waals surface area contributed by atoms with Crippen LogP contribution in [0.4, 0.5) is 0 Å². The van der Waals surface area contributed by atoms with Crippen LogP contribution in [0.15, 0.2) is 35.5 Å². The molecular formula is C26H32N2O9. The Morgan fingerprint density at radius 1 is 1.11 bits per heavy atom. The molecule has 2 aliphatic rings. The van der Waals surface area contributed by atoms with Gasteiger partial charge in [-0.2, -0.15) is 0 Å². The maximum absolute atomic E-state index is 10.3. The number of methoxy groups -OCH3 is 2. The number of ether oxygens (including phenoxy) is 3. The smallest absolute Gasteiger partial charge is 0.333 e. The van der Waals surface area contributed by atoms with Crippen LogP contribution in [0.2, 0.25) is 0 Å². The highest BCUT2D eigenvalue weighted by Gasteiger charge is 2.37. The second-order valence-corrected chi connectivity index (χ2v) is 8.68. The van der Waals surface area contributed by atoms with E-state index in [1.807, 2.05) is 25.1 Å². The summed E-state index contributed by atoms with van der Waals surface area (Å²) in [6, 6.07) is 8.05. The first kappa shape index (κ1) is 27.9. The van der Waals surface area contributed by atoms with Gasteiger partial charge in [0.15, 0.2) is 17.6 Å². The standard InChI is InChI=1S/C22H26N2O4.C4H6O5/c1-4-28-20-10-15-16-9-14(25)6-7-18(16)24-22(17(15)11-19(20)26-2)13-5-8-21(27-3)23-12-13;5-2(4(8)9)1-3(6)7/h5,8,10-12,14,16,18,25H,4,6-7,9H2,1-3H3;2,5H,1H2,(H,6,7)(H,8,9)/t14-,16-,18-;2-/m10/s1. The number of aliphatic imine (C=N–C) groups is 1. The topological polar surface area (TPSA) is 168 Å². The Bertz CT molecular complexity index is 1130. The van der Waals surface area contributed by atoms with Gasteiger partial charge < -0.3 is 34.6 Å². The van der Waals surface area contributed by atoms with Crippen molar-refractivity contribution in [3.63, 3.8) is 0 Å². The molecule has 200 valence electrons. The molecule has 4 N–H and O–H groups in total. The van der Waals surface area contributed by atoms with Gasteiger partial charge in [-0.15, -0.1) is 0 Å². The van der Waals surface area contributed by atoms with Gasteiger partial charge in [0.1, 0.15) is 0 Å². The third kappa shape index (κ3) is 6.75. The fourth-order valence-corrected chi connectivity index (χ4v) is 4.50. The molecule has 1 aliphatic carbocycles. The zero-order valence-corrected chi connectivity index (χ0v) is 21.0. The molecule has 0 saturated heterocycles. The zero-order chi connectivity index (χ0) is 27.1. The van der Waals surface area contributed by atoms with Crippen LogP contribution >= 0.6 is 0 Å². The number of pyridine rings is 1. The van der Waals surface area contributed by atoms with Crippen LogP contribution < -0.4 is 14.2 Å². The fraction of sp³-hybridized carbons (Fsp3) is 0.462. The summed E-state index contributed by atoms with van der Waals surface area (Å²) in [6.07, 6.45) is 1.33. The van der Waals surface area contributed by atoms with E-state index in [-0.39, 0.29) is 18.1 Å². The minimum absolute atomic E-state index is 0.149. The highest BCUT2D eigenvalue weighted by molar-refractivity contribution is 6.14. The molecule has 37 heavy (non-hydrogen) atoms. The molecule has 1 aliphatic heterocycles. The molecule has 1 aromatic heterocycles. The Morgan fingerprint density at radius 3 is 2.41 bits per heavy atom. The summed E-state index contributed by atoms with van der Waals surface area (Å²) in [5.74, 6) is -0.675. The normalized spacial score (nSPS) is 20.7. The molecule has 0 unspecified atom stereocenters. The van der Waals surface area contributed by atoms with Crippen molar-refractivity contribution in [2.75, 3.05) is 20.8 Å². The minimum Gasteiger partial charge on any atom is -0.493 e. The number of aliphatic hydroxyl groups excluding tert-OH is 2. The number of benzene rings is 1. The van der Waals surface area contributed by atoms with Crippen molar-refractivity contribution >= 4 is 17.7 Å². The number of aliphatic carboxylic acids is 2. The lowest BCUT2D eigenvalue weighted by atomic mass is 9.74. The molecule has 11 heteroatoms. The average Bonchev–Trinajstić information content (AvgIpc) is 2.88. The number of rotatable bonds is 8. The van der Waals surface area contributed by atoms with Crippen LogP contribution in [0.1, 0.15) is 55.2 Å². The van der Waals surface area contributed by atoms with Gasteiger partial charge in [0.25, 0.3) is 0 Å². The van der Waals surface area contributed by atoms with Crippen molar-refractivity contribution in [1.82, 2.24) is 4.98 Å². The lowest BCUT2D eigenvalue weighted by molar-refractivity contribution is -0.152. The Labute approximate surface area is 214 Å². The van der Waals surface area contributed by atoms with Crippen LogP contribution in [0.3, 0.4) is 0 Å². The molecular weight excluding hydrogens is 484 g/mol. The lowest BCUT2D eigenvalue weighted by Crippen LogP contribution is -2.34. The van der Waals surface area contributed by atoms with Crippen LogP contribution in [0, 0.1) is 0 Å². The SMILES string of the molecule is CCOc1cc2c(cc1OC)C(c1ccc(OC)nc1)=N[C@@H]1CC[C@@H](O)C[C@H]21.O=C(O)C[C@H](O)C(=O)O. The van der Waals surface area contributed by atoms with E-state index in [1.54, 1.807) is 20.4 Å². The molecule has 0 spiro atoms. The molecule has 11 nitrogen and oxygen atoms in total. The van der Waals surface area contributed by atoms with Crippen molar-refractivity contribution in [2.24, 2.45) is 4.99 Å². The van der Waals surface area contributed by atoms with E-state index >= 15 is 0 Å². The highest BCUT2D eigenvalue weighted by atomic mass is 16.5. The number of fused-ring (bicyclic) bond motifs is 3. The van der Waals surface area contributed by atoms with Crippen molar-refractivity contribution in [3.8, 4) is 17.4 Å². The molecule has 4 rings (SSSR count). The van der Waals surface area contributed by atoms with Gasteiger partial charge in [0, 0.05) is 29.3 Å². The van der Waals surface area contributed by atoms with Crippen LogP contribution in [0.25, 0.3) is 0 Å². The van der Waals surface area contributed by atoms with Crippen molar-refractivity contribution in [2.45, 2.75) is 56.8 Å². The number of aromatic nitrogens is 1. The Hall–Kier alpha value is -3.70. The minimum atomic E-state index is -1.79. The Morgan fingerprint density at radius 2 is 1.86 bits per heavy atom. The van der Waals surface area contributed by atoms with Gasteiger partial charge in [-0.05, 0) is 49.9 Å². The van der Waals surface area contributed by atoms with Gasteiger partial charge in [-0.25, -0.2) is 9.78 Å². The van der Waals surface area contributed by atoms with E-state index in [9.17, 15) is 14.7 Å². The predicted octanol–water partition coefficient (Wildman–Crippen LogP) is 2.25. The van der Waals surface area contributed by atoms with Crippen molar-refractivity contribution in [3.05, 3.63) is 47.2 Å². The largest absolute Gasteiger partial charge is 0.493 e. The molecule has 2 aromatic rings. The number of carboxylic acid groups (broad SMARTS) is 2. The van der Waals surface area contributed by atoms with Crippen LogP contribution in [-0.4, -0.2) is 82.1 Å². The van der Waals surface area contributed by atoms with Gasteiger partial charge in [0.05, 0.1) is 45.1 Å². The van der Waals surface area contributed by atoms with Gasteiger partial charge in [-0.1, -0.05) is 0 Å². The van der Waals surface area contributed by atoms with Gasteiger partial charge >= 0.3 is 11.9 Å². The number of hydrogen-bond donors (Lipinski definition) is 4. The molecule has 0 radical (unpaired) electrons. The molecule has 2 heterocycles. The Balaban J connectivity index is 0.000000364. The van der Waals surface area contributed by atoms with E-state index < -0.39 is 24.5 Å². The maximum Gasteiger partial charge on any atom is 0.333 e. The first-order chi connectivity index (χ1) is 17.7. The molecule has 1 saturated carbocycles. The first-order valence-corrected chi connectivity index (χ1v) is 11.9. The van der Waals surface area contributed by atoms with Crippen molar-refractivity contribution in [1.29, 1.82) is 0 Å². The third-order valence-corrected chi connectivity index (χ3v) is 6.24. The second-order valence-electron chi connectivity index (χ2n) is 8.68. The summed E-state index contributed by atoms with van der Waals surface area (Å²) in [4.78, 5) is 28.8. The third-order valence-electron chi connectivity index (χ3n) is 6.24. The van der Waals surface area contributed by atoms with E-state index in [0.29, 0.717) is 24.7 Å². The monoisotopic (exact) mass is 516 g/mol. The summed E-state index contributed by atoms with van der Waals surface area (Å²) in [6.45, 7) is 2.52. The summed E-state index contributed by atoms with van der Waals surface area (Å²) in [7, 11) is 3.25. The second kappa shape index (κ2) is 12.5. The van der Waals surface area contributed by atoms with E-state index in [2.05, 4.69) is 11.1 Å². The number of aliphatic hydroxyl groups is 2. The van der Waals surface area contributed by atoms with E-state index in [4.69, 9.17) is 34.5 Å². The average molecular weight is 517 g/mol. The van der Waals surface area contributed by atoms with Gasteiger partial charge in [-0.3, -0.25) is 9.79 Å². The van der Waals surface area contributed by atoms with E-state index in [1.165, 1.54) is 0 Å². The first-order valence-electron chi connectivity index (χ1n) is 11.9. The van der Waals surface area contributed by atoms with E-state index in [0.717, 1.165) is 41.0 Å². The molecule has 4 atom stereocenters. The zero-order valence-electron chi connectivity index (χ0n) is 21.0. The summed E-state index contributed by atoms with van der Waals surface area (Å²) in [5.41, 5.74) is 4.03. The van der Waals surface area contributed by atoms with Crippen molar-refractivity contribution < 1.29 is 44.2 Å². The summed E-state index contributed by atoms with van der Waals surface area (Å²) < 4.78 is 16.6. The number of nitrogens with zero attached hydrogens (tertiary/aromatic N) is 2. The molecule has 1 aromatic carbocycles. The fourth-order valence-electron chi connectivity index (χ4n) is 4.50.